The Labute approximate surface area is 165 Å². The molecule has 0 spiro atoms. The first-order chi connectivity index (χ1) is 12.6. The second kappa shape index (κ2) is 6.33. The molecule has 2 unspecified atom stereocenters. The van der Waals surface area contributed by atoms with Gasteiger partial charge in [-0.05, 0) is 92.7 Å². The molecule has 3 saturated carbocycles. The molecule has 1 aromatic carbocycles. The van der Waals surface area contributed by atoms with Crippen molar-refractivity contribution >= 4 is 21.7 Å². The number of ketones is 1. The molecular formula is C24H29BrO. The van der Waals surface area contributed by atoms with Crippen LogP contribution in [0.5, 0.6) is 0 Å². The Bertz CT molecular complexity index is 761. The molecule has 138 valence electrons. The van der Waals surface area contributed by atoms with Crippen LogP contribution in [0.25, 0.3) is 0 Å². The van der Waals surface area contributed by atoms with E-state index in [1.807, 2.05) is 11.1 Å². The predicted molar refractivity (Wildman–Crippen MR) is 109 cm³/mol. The zero-order valence-corrected chi connectivity index (χ0v) is 17.4. The molecule has 0 amide bonds. The highest BCUT2D eigenvalue weighted by Crippen LogP contribution is 2.59. The maximum Gasteiger partial charge on any atom is 0.139 e. The molecule has 4 aliphatic rings. The molecule has 0 aliphatic heterocycles. The second-order valence-electron chi connectivity index (χ2n) is 9.44. The Hall–Kier alpha value is -0.890. The smallest absolute Gasteiger partial charge is 0.139 e. The Morgan fingerprint density at radius 3 is 2.54 bits per heavy atom. The first kappa shape index (κ1) is 17.2. The number of allylic oxidation sites excluding steroid dienone is 2. The van der Waals surface area contributed by atoms with Gasteiger partial charge in [0.1, 0.15) is 5.78 Å². The van der Waals surface area contributed by atoms with Gasteiger partial charge in [-0.25, -0.2) is 0 Å². The molecule has 0 N–H and O–H groups in total. The first-order valence-corrected chi connectivity index (χ1v) is 11.4. The molecule has 3 fully saturated rings. The fourth-order valence-corrected chi connectivity index (χ4v) is 7.20. The lowest BCUT2D eigenvalue weighted by Crippen LogP contribution is -2.41. The van der Waals surface area contributed by atoms with Crippen molar-refractivity contribution in [3.63, 3.8) is 0 Å². The van der Waals surface area contributed by atoms with E-state index in [1.54, 1.807) is 0 Å². The van der Waals surface area contributed by atoms with Gasteiger partial charge in [0.25, 0.3) is 0 Å². The van der Waals surface area contributed by atoms with Gasteiger partial charge in [0.15, 0.2) is 0 Å². The van der Waals surface area contributed by atoms with Gasteiger partial charge >= 0.3 is 0 Å². The summed E-state index contributed by atoms with van der Waals surface area (Å²) in [4.78, 5) is 12.5. The van der Waals surface area contributed by atoms with Crippen LogP contribution in [0.15, 0.2) is 39.9 Å². The number of carbonyl (C=O) groups excluding carboxylic acids is 1. The molecule has 0 saturated heterocycles. The van der Waals surface area contributed by atoms with Gasteiger partial charge in [-0.1, -0.05) is 46.1 Å². The highest BCUT2D eigenvalue weighted by Gasteiger charge is 2.53. The van der Waals surface area contributed by atoms with Crippen molar-refractivity contribution in [2.75, 3.05) is 0 Å². The van der Waals surface area contributed by atoms with Gasteiger partial charge in [-0.3, -0.25) is 4.79 Å². The summed E-state index contributed by atoms with van der Waals surface area (Å²) in [6.45, 7) is 2.28. The highest BCUT2D eigenvalue weighted by molar-refractivity contribution is 9.10. The number of hydrogen-bond donors (Lipinski definition) is 0. The van der Waals surface area contributed by atoms with E-state index in [0.29, 0.717) is 11.7 Å². The molecule has 1 nitrogen and oxygen atoms in total. The maximum atomic E-state index is 12.5. The quantitative estimate of drug-likeness (QED) is 0.462. The van der Waals surface area contributed by atoms with Crippen LogP contribution in [-0.2, 0) is 4.79 Å². The number of rotatable bonds is 1. The summed E-state index contributed by atoms with van der Waals surface area (Å²) in [6, 6.07) is 9.02. The van der Waals surface area contributed by atoms with Crippen LogP contribution in [0.4, 0.5) is 0 Å². The number of hydrogen-bond acceptors (Lipinski definition) is 1. The van der Waals surface area contributed by atoms with Gasteiger partial charge in [-0.2, -0.15) is 0 Å². The molecule has 5 atom stereocenters. The molecule has 5 rings (SSSR count). The summed E-state index contributed by atoms with van der Waals surface area (Å²) in [5.74, 6) is 3.49. The topological polar surface area (TPSA) is 17.1 Å². The Kier molecular flexibility index (Phi) is 4.19. The van der Waals surface area contributed by atoms with E-state index in [2.05, 4.69) is 47.1 Å². The summed E-state index contributed by atoms with van der Waals surface area (Å²) in [7, 11) is 0. The van der Waals surface area contributed by atoms with Crippen LogP contribution >= 0.6 is 15.9 Å². The normalized spacial score (nSPS) is 39.4. The van der Waals surface area contributed by atoms with Crippen molar-refractivity contribution in [1.29, 1.82) is 0 Å². The minimum atomic E-state index is 0.0101. The summed E-state index contributed by atoms with van der Waals surface area (Å²) in [5, 5.41) is 0. The van der Waals surface area contributed by atoms with Gasteiger partial charge in [0.05, 0.1) is 0 Å². The van der Waals surface area contributed by atoms with E-state index in [0.717, 1.165) is 37.0 Å². The minimum Gasteiger partial charge on any atom is -0.299 e. The SMILES string of the molecule is C[C@]12CCC3=C4CCC(c5ccc(Br)cc5)CC4CC[C@H]3[C@@H]1CCC2=O. The first-order valence-electron chi connectivity index (χ1n) is 10.6. The van der Waals surface area contributed by atoms with E-state index >= 15 is 0 Å². The third-order valence-corrected chi connectivity index (χ3v) is 8.92. The standard InChI is InChI=1S/C24H29BrO/c1-24-13-12-20-19-8-4-16(15-2-6-18(25)7-3-15)14-17(19)5-9-21(20)22(24)10-11-23(24)26/h2-3,6-7,16-17,21-22H,4-5,8-14H2,1H3/t16?,17?,21-,22+,24+/m1/s1. The third-order valence-electron chi connectivity index (χ3n) is 8.39. The molecule has 4 aliphatic carbocycles. The van der Waals surface area contributed by atoms with Gasteiger partial charge in [0.2, 0.25) is 0 Å². The van der Waals surface area contributed by atoms with Crippen LogP contribution in [0.1, 0.15) is 76.2 Å². The molecule has 26 heavy (non-hydrogen) atoms. The number of benzene rings is 1. The monoisotopic (exact) mass is 412 g/mol. The van der Waals surface area contributed by atoms with Crippen LogP contribution in [-0.4, -0.2) is 5.78 Å². The molecule has 0 radical (unpaired) electrons. The second-order valence-corrected chi connectivity index (χ2v) is 10.4. The van der Waals surface area contributed by atoms with Crippen molar-refractivity contribution < 1.29 is 4.79 Å². The number of halogens is 1. The number of fused-ring (bicyclic) bond motifs is 4. The lowest BCUT2D eigenvalue weighted by Gasteiger charge is -2.48. The summed E-state index contributed by atoms with van der Waals surface area (Å²) in [6.07, 6.45) is 11.0. The van der Waals surface area contributed by atoms with Crippen molar-refractivity contribution in [1.82, 2.24) is 0 Å². The highest BCUT2D eigenvalue weighted by atomic mass is 79.9. The van der Waals surface area contributed by atoms with E-state index in [-0.39, 0.29) is 5.41 Å². The predicted octanol–water partition coefficient (Wildman–Crippen LogP) is 6.82. The van der Waals surface area contributed by atoms with E-state index in [1.165, 1.54) is 48.6 Å². The van der Waals surface area contributed by atoms with Crippen LogP contribution < -0.4 is 0 Å². The lowest BCUT2D eigenvalue weighted by atomic mass is 9.56. The molecule has 0 heterocycles. The summed E-state index contributed by atoms with van der Waals surface area (Å²) >= 11 is 3.56. The largest absolute Gasteiger partial charge is 0.299 e. The summed E-state index contributed by atoms with van der Waals surface area (Å²) < 4.78 is 1.18. The molecule has 0 bridgehead atoms. The van der Waals surface area contributed by atoms with Gasteiger partial charge in [-0.15, -0.1) is 0 Å². The average Bonchev–Trinajstić information content (AvgIpc) is 2.97. The van der Waals surface area contributed by atoms with Crippen LogP contribution in [0, 0.1) is 23.2 Å². The van der Waals surface area contributed by atoms with Crippen LogP contribution in [0.3, 0.4) is 0 Å². The molecule has 2 heteroatoms. The zero-order valence-electron chi connectivity index (χ0n) is 15.8. The van der Waals surface area contributed by atoms with Gasteiger partial charge in [0, 0.05) is 16.3 Å². The van der Waals surface area contributed by atoms with Gasteiger partial charge < -0.3 is 0 Å². The van der Waals surface area contributed by atoms with Crippen molar-refractivity contribution in [3.05, 3.63) is 45.4 Å². The Morgan fingerprint density at radius 2 is 1.73 bits per heavy atom. The van der Waals surface area contributed by atoms with E-state index in [4.69, 9.17) is 0 Å². The van der Waals surface area contributed by atoms with Crippen molar-refractivity contribution in [2.45, 2.75) is 70.6 Å². The molecule has 1 aromatic rings. The Morgan fingerprint density at radius 1 is 0.923 bits per heavy atom. The van der Waals surface area contributed by atoms with Crippen LogP contribution in [0.2, 0.25) is 0 Å². The lowest BCUT2D eigenvalue weighted by molar-refractivity contribution is -0.128. The van der Waals surface area contributed by atoms with E-state index in [9.17, 15) is 4.79 Å². The third kappa shape index (κ3) is 2.58. The fraction of sp³-hybridized carbons (Fsp3) is 0.625. The fourth-order valence-electron chi connectivity index (χ4n) is 6.93. The average molecular weight is 413 g/mol. The Balaban J connectivity index is 1.40. The van der Waals surface area contributed by atoms with E-state index < -0.39 is 0 Å². The molecule has 0 aromatic heterocycles. The van der Waals surface area contributed by atoms with Crippen molar-refractivity contribution in [2.24, 2.45) is 23.2 Å². The van der Waals surface area contributed by atoms with Crippen molar-refractivity contribution in [3.8, 4) is 0 Å². The number of Topliss-reactive ketones (excluding diaryl/α,β-unsaturated/α-hetero) is 1. The summed E-state index contributed by atoms with van der Waals surface area (Å²) in [5.41, 5.74) is 5.18. The maximum absolute atomic E-state index is 12.5. The number of carbonyl (C=O) groups is 1. The molecular weight excluding hydrogens is 384 g/mol. The zero-order chi connectivity index (χ0) is 17.9. The minimum absolute atomic E-state index is 0.0101.